The maximum atomic E-state index is 2.36. The van der Waals surface area contributed by atoms with Crippen LogP contribution in [0, 0.1) is 0 Å². The summed E-state index contributed by atoms with van der Waals surface area (Å²) < 4.78 is 5.35. The second-order valence-electron chi connectivity index (χ2n) is 14.5. The fraction of sp³-hybridized carbons (Fsp3) is 0. The summed E-state index contributed by atoms with van der Waals surface area (Å²) in [6, 6.07) is 77.3. The second kappa shape index (κ2) is 14.1. The Kier molecular flexibility index (Phi) is 8.28. The molecule has 57 heavy (non-hydrogen) atoms. The van der Waals surface area contributed by atoms with E-state index in [2.05, 4.69) is 217 Å². The van der Waals surface area contributed by atoms with Gasteiger partial charge in [-0.2, -0.15) is 0 Å². The van der Waals surface area contributed by atoms with Gasteiger partial charge in [0.25, 0.3) is 0 Å². The molecular formula is C54H35NS2. The SMILES string of the molecule is c1ccc(-c2ccc(N(c3ccc(-c4ccccc4)cc3)c3ccc(-c4cccc5c4sc4c(-c6cccc7c6sc6ccccc67)cccc45)cc3)cc2)cc1. The van der Waals surface area contributed by atoms with Gasteiger partial charge in [-0.15, -0.1) is 22.7 Å². The predicted molar refractivity (Wildman–Crippen MR) is 249 cm³/mol. The number of hydrogen-bond donors (Lipinski definition) is 0. The number of thiophene rings is 2. The zero-order valence-electron chi connectivity index (χ0n) is 31.0. The van der Waals surface area contributed by atoms with Gasteiger partial charge < -0.3 is 4.90 Å². The summed E-state index contributed by atoms with van der Waals surface area (Å²) in [6.45, 7) is 0. The van der Waals surface area contributed by atoms with Crippen molar-refractivity contribution in [3.05, 3.63) is 212 Å². The molecule has 11 rings (SSSR count). The molecule has 0 aliphatic carbocycles. The summed E-state index contributed by atoms with van der Waals surface area (Å²) >= 11 is 3.82. The predicted octanol–water partition coefficient (Wildman–Crippen LogP) is 16.6. The summed E-state index contributed by atoms with van der Waals surface area (Å²) in [7, 11) is 0. The molecule has 0 saturated heterocycles. The molecule has 2 heterocycles. The quantitative estimate of drug-likeness (QED) is 0.156. The molecule has 11 aromatic rings. The first-order chi connectivity index (χ1) is 28.3. The molecule has 0 N–H and O–H groups in total. The molecule has 0 spiro atoms. The number of fused-ring (bicyclic) bond motifs is 6. The first-order valence-electron chi connectivity index (χ1n) is 19.3. The number of nitrogens with zero attached hydrogens (tertiary/aromatic N) is 1. The molecular weight excluding hydrogens is 727 g/mol. The van der Waals surface area contributed by atoms with E-state index in [1.165, 1.54) is 84.9 Å². The van der Waals surface area contributed by atoms with Gasteiger partial charge in [0.05, 0.1) is 0 Å². The Morgan fingerprint density at radius 3 is 1.14 bits per heavy atom. The highest BCUT2D eigenvalue weighted by molar-refractivity contribution is 7.27. The average Bonchev–Trinajstić information content (AvgIpc) is 3.87. The highest BCUT2D eigenvalue weighted by Gasteiger charge is 2.18. The fourth-order valence-electron chi connectivity index (χ4n) is 8.32. The lowest BCUT2D eigenvalue weighted by atomic mass is 9.99. The first-order valence-corrected chi connectivity index (χ1v) is 21.0. The van der Waals surface area contributed by atoms with Crippen LogP contribution in [-0.2, 0) is 0 Å². The Balaban J connectivity index is 0.995. The van der Waals surface area contributed by atoms with Crippen molar-refractivity contribution in [3.8, 4) is 44.5 Å². The highest BCUT2D eigenvalue weighted by atomic mass is 32.1. The van der Waals surface area contributed by atoms with Gasteiger partial charge in [-0.1, -0.05) is 170 Å². The van der Waals surface area contributed by atoms with E-state index in [0.717, 1.165) is 17.1 Å². The summed E-state index contributed by atoms with van der Waals surface area (Å²) in [5.41, 5.74) is 13.3. The van der Waals surface area contributed by atoms with Crippen LogP contribution in [0.1, 0.15) is 0 Å². The van der Waals surface area contributed by atoms with Gasteiger partial charge in [0.15, 0.2) is 0 Å². The molecule has 0 amide bonds. The Morgan fingerprint density at radius 2 is 0.614 bits per heavy atom. The Bertz CT molecular complexity index is 3110. The lowest BCUT2D eigenvalue weighted by Crippen LogP contribution is -2.09. The maximum absolute atomic E-state index is 2.36. The van der Waals surface area contributed by atoms with Crippen LogP contribution in [0.3, 0.4) is 0 Å². The third-order valence-electron chi connectivity index (χ3n) is 11.1. The zero-order chi connectivity index (χ0) is 37.7. The third kappa shape index (κ3) is 5.91. The first kappa shape index (κ1) is 33.5. The van der Waals surface area contributed by atoms with Gasteiger partial charge in [-0.05, 0) is 75.8 Å². The molecule has 0 aliphatic rings. The molecule has 0 atom stereocenters. The van der Waals surface area contributed by atoms with Crippen LogP contribution in [-0.4, -0.2) is 0 Å². The molecule has 1 nitrogen and oxygen atoms in total. The molecule has 3 heteroatoms. The van der Waals surface area contributed by atoms with Crippen molar-refractivity contribution in [1.29, 1.82) is 0 Å². The standard InChI is InChI=1S/C54H35NS2/c1-3-12-36(13-4-1)38-24-30-41(31-25-38)55(42-32-26-39(27-33-42)37-14-5-2-6-15-37)43-34-28-40(29-35-43)44-17-9-19-47-49-21-11-22-50(54(49)57-52(44)47)48-20-10-18-46-45-16-7-8-23-51(45)56-53(46)48/h1-35H. The molecule has 0 fully saturated rings. The van der Waals surface area contributed by atoms with Crippen molar-refractivity contribution < 1.29 is 0 Å². The van der Waals surface area contributed by atoms with Gasteiger partial charge >= 0.3 is 0 Å². The minimum absolute atomic E-state index is 1.11. The normalized spacial score (nSPS) is 11.5. The van der Waals surface area contributed by atoms with E-state index >= 15 is 0 Å². The van der Waals surface area contributed by atoms with Crippen LogP contribution in [0.25, 0.3) is 84.9 Å². The van der Waals surface area contributed by atoms with Crippen LogP contribution in [0.5, 0.6) is 0 Å². The Hall–Kier alpha value is -6.78. The molecule has 0 aliphatic heterocycles. The average molecular weight is 762 g/mol. The number of rotatable bonds is 7. The summed E-state index contributed by atoms with van der Waals surface area (Å²) in [6.07, 6.45) is 0. The third-order valence-corrected chi connectivity index (χ3v) is 13.6. The Labute approximate surface area is 340 Å². The van der Waals surface area contributed by atoms with E-state index in [1.54, 1.807) is 0 Å². The van der Waals surface area contributed by atoms with E-state index in [9.17, 15) is 0 Å². The van der Waals surface area contributed by atoms with Crippen molar-refractivity contribution in [2.75, 3.05) is 4.90 Å². The molecule has 0 unspecified atom stereocenters. The number of anilines is 3. The van der Waals surface area contributed by atoms with Gasteiger partial charge in [-0.3, -0.25) is 0 Å². The minimum atomic E-state index is 1.11. The van der Waals surface area contributed by atoms with E-state index in [-0.39, 0.29) is 0 Å². The summed E-state index contributed by atoms with van der Waals surface area (Å²) in [5, 5.41) is 5.29. The van der Waals surface area contributed by atoms with Crippen LogP contribution in [0.4, 0.5) is 17.1 Å². The molecule has 0 radical (unpaired) electrons. The number of hydrogen-bond acceptors (Lipinski definition) is 3. The molecule has 0 saturated carbocycles. The van der Waals surface area contributed by atoms with Crippen LogP contribution in [0.2, 0.25) is 0 Å². The zero-order valence-corrected chi connectivity index (χ0v) is 32.6. The van der Waals surface area contributed by atoms with Crippen LogP contribution < -0.4 is 4.90 Å². The van der Waals surface area contributed by atoms with Gasteiger partial charge in [0.2, 0.25) is 0 Å². The van der Waals surface area contributed by atoms with E-state index < -0.39 is 0 Å². The topological polar surface area (TPSA) is 3.24 Å². The van der Waals surface area contributed by atoms with Crippen molar-refractivity contribution in [1.82, 2.24) is 0 Å². The molecule has 0 bridgehead atoms. The smallest absolute Gasteiger partial charge is 0.0462 e. The fourth-order valence-corrected chi connectivity index (χ4v) is 10.9. The lowest BCUT2D eigenvalue weighted by Gasteiger charge is -2.26. The van der Waals surface area contributed by atoms with Crippen LogP contribution >= 0.6 is 22.7 Å². The second-order valence-corrected chi connectivity index (χ2v) is 16.5. The monoisotopic (exact) mass is 761 g/mol. The molecule has 2 aromatic heterocycles. The maximum Gasteiger partial charge on any atom is 0.0462 e. The number of benzene rings is 9. The van der Waals surface area contributed by atoms with E-state index in [0.29, 0.717) is 0 Å². The summed E-state index contributed by atoms with van der Waals surface area (Å²) in [5.74, 6) is 0. The molecule has 268 valence electrons. The van der Waals surface area contributed by atoms with E-state index in [4.69, 9.17) is 0 Å². The lowest BCUT2D eigenvalue weighted by molar-refractivity contribution is 1.28. The van der Waals surface area contributed by atoms with Crippen molar-refractivity contribution >= 4 is 80.1 Å². The summed E-state index contributed by atoms with van der Waals surface area (Å²) in [4.78, 5) is 2.36. The van der Waals surface area contributed by atoms with Crippen molar-refractivity contribution in [2.45, 2.75) is 0 Å². The van der Waals surface area contributed by atoms with E-state index in [1.807, 2.05) is 22.7 Å². The van der Waals surface area contributed by atoms with Crippen molar-refractivity contribution in [3.63, 3.8) is 0 Å². The van der Waals surface area contributed by atoms with Crippen molar-refractivity contribution in [2.24, 2.45) is 0 Å². The Morgan fingerprint density at radius 1 is 0.246 bits per heavy atom. The minimum Gasteiger partial charge on any atom is -0.311 e. The van der Waals surface area contributed by atoms with Gasteiger partial charge in [0, 0.05) is 68.5 Å². The highest BCUT2D eigenvalue weighted by Crippen LogP contribution is 2.47. The largest absolute Gasteiger partial charge is 0.311 e. The van der Waals surface area contributed by atoms with Gasteiger partial charge in [0.1, 0.15) is 0 Å². The van der Waals surface area contributed by atoms with Gasteiger partial charge in [-0.25, -0.2) is 0 Å². The molecule has 9 aromatic carbocycles. The van der Waals surface area contributed by atoms with Crippen LogP contribution in [0.15, 0.2) is 212 Å².